The Balaban J connectivity index is 2.19. The molecule has 0 bridgehead atoms. The van der Waals surface area contributed by atoms with E-state index in [0.29, 0.717) is 17.2 Å². The average Bonchev–Trinajstić information content (AvgIpc) is 2.66. The standard InChI is InChI=1S/C20H23NO6/c1-12-6-7-16(13(2)8-12)27-11-19(22)21-15-10-18(25-4)17(24-3)9-14(15)20(23)26-5/h6-10H,11H2,1-5H3,(H,21,22). The summed E-state index contributed by atoms with van der Waals surface area (Å²) in [6.07, 6.45) is 0. The van der Waals surface area contributed by atoms with Crippen molar-refractivity contribution < 1.29 is 28.5 Å². The summed E-state index contributed by atoms with van der Waals surface area (Å²) in [6.45, 7) is 3.68. The summed E-state index contributed by atoms with van der Waals surface area (Å²) >= 11 is 0. The van der Waals surface area contributed by atoms with Crippen LogP contribution in [0.25, 0.3) is 0 Å². The lowest BCUT2D eigenvalue weighted by molar-refractivity contribution is -0.118. The number of anilines is 1. The Labute approximate surface area is 158 Å². The molecule has 2 aromatic carbocycles. The molecule has 0 heterocycles. The van der Waals surface area contributed by atoms with Gasteiger partial charge in [0.25, 0.3) is 5.91 Å². The molecule has 0 aliphatic carbocycles. The number of esters is 1. The Hall–Kier alpha value is -3.22. The highest BCUT2D eigenvalue weighted by molar-refractivity contribution is 6.02. The molecule has 144 valence electrons. The van der Waals surface area contributed by atoms with E-state index in [1.807, 2.05) is 32.0 Å². The molecule has 0 aliphatic rings. The molecule has 0 atom stereocenters. The van der Waals surface area contributed by atoms with Crippen molar-refractivity contribution in [2.75, 3.05) is 33.3 Å². The number of hydrogen-bond donors (Lipinski definition) is 1. The highest BCUT2D eigenvalue weighted by atomic mass is 16.5. The van der Waals surface area contributed by atoms with Gasteiger partial charge in [0.05, 0.1) is 32.6 Å². The number of ether oxygens (including phenoxy) is 4. The largest absolute Gasteiger partial charge is 0.493 e. The predicted molar refractivity (Wildman–Crippen MR) is 101 cm³/mol. The number of aryl methyl sites for hydroxylation is 2. The first-order valence-electron chi connectivity index (χ1n) is 8.23. The molecule has 0 saturated heterocycles. The zero-order valence-electron chi connectivity index (χ0n) is 16.0. The number of carbonyl (C=O) groups excluding carboxylic acids is 2. The average molecular weight is 373 g/mol. The van der Waals surface area contributed by atoms with E-state index in [0.717, 1.165) is 11.1 Å². The van der Waals surface area contributed by atoms with Crippen LogP contribution in [0.2, 0.25) is 0 Å². The monoisotopic (exact) mass is 373 g/mol. The minimum absolute atomic E-state index is 0.148. The van der Waals surface area contributed by atoms with Crippen molar-refractivity contribution in [3.8, 4) is 17.2 Å². The zero-order valence-corrected chi connectivity index (χ0v) is 16.0. The van der Waals surface area contributed by atoms with Gasteiger partial charge in [-0.25, -0.2) is 4.79 Å². The molecule has 2 rings (SSSR count). The minimum Gasteiger partial charge on any atom is -0.493 e. The molecular weight excluding hydrogens is 350 g/mol. The smallest absolute Gasteiger partial charge is 0.340 e. The lowest BCUT2D eigenvalue weighted by Gasteiger charge is -2.15. The molecule has 0 radical (unpaired) electrons. The van der Waals surface area contributed by atoms with Gasteiger partial charge in [0.2, 0.25) is 0 Å². The second-order valence-corrected chi connectivity index (χ2v) is 5.85. The summed E-state index contributed by atoms with van der Waals surface area (Å²) in [4.78, 5) is 24.4. The van der Waals surface area contributed by atoms with Crippen molar-refractivity contribution >= 4 is 17.6 Å². The molecule has 27 heavy (non-hydrogen) atoms. The summed E-state index contributed by atoms with van der Waals surface area (Å²) in [5, 5.41) is 2.65. The van der Waals surface area contributed by atoms with Crippen molar-refractivity contribution in [1.29, 1.82) is 0 Å². The molecule has 0 aliphatic heterocycles. The first kappa shape index (κ1) is 20.1. The fourth-order valence-electron chi connectivity index (χ4n) is 2.55. The highest BCUT2D eigenvalue weighted by Gasteiger charge is 2.19. The molecule has 0 unspecified atom stereocenters. The van der Waals surface area contributed by atoms with E-state index in [2.05, 4.69) is 5.32 Å². The molecule has 0 spiro atoms. The van der Waals surface area contributed by atoms with E-state index in [1.54, 1.807) is 0 Å². The van der Waals surface area contributed by atoms with Crippen molar-refractivity contribution in [3.05, 3.63) is 47.0 Å². The van der Waals surface area contributed by atoms with Crippen LogP contribution in [-0.2, 0) is 9.53 Å². The van der Waals surface area contributed by atoms with Crippen molar-refractivity contribution in [2.45, 2.75) is 13.8 Å². The van der Waals surface area contributed by atoms with Crippen LogP contribution >= 0.6 is 0 Å². The Morgan fingerprint density at radius 3 is 2.19 bits per heavy atom. The van der Waals surface area contributed by atoms with Gasteiger partial charge in [-0.1, -0.05) is 17.7 Å². The fourth-order valence-corrected chi connectivity index (χ4v) is 2.55. The third-order valence-corrected chi connectivity index (χ3v) is 3.89. The van der Waals surface area contributed by atoms with Crippen LogP contribution in [0.5, 0.6) is 17.2 Å². The number of nitrogens with one attached hydrogen (secondary N) is 1. The number of benzene rings is 2. The van der Waals surface area contributed by atoms with Crippen molar-refractivity contribution in [1.82, 2.24) is 0 Å². The lowest BCUT2D eigenvalue weighted by atomic mass is 10.1. The van der Waals surface area contributed by atoms with Gasteiger partial charge in [0, 0.05) is 12.1 Å². The number of hydrogen-bond acceptors (Lipinski definition) is 6. The van der Waals surface area contributed by atoms with Gasteiger partial charge in [-0.3, -0.25) is 4.79 Å². The van der Waals surface area contributed by atoms with E-state index in [4.69, 9.17) is 18.9 Å². The topological polar surface area (TPSA) is 83.1 Å². The normalized spacial score (nSPS) is 10.1. The second-order valence-electron chi connectivity index (χ2n) is 5.85. The Morgan fingerprint density at radius 2 is 1.59 bits per heavy atom. The lowest BCUT2D eigenvalue weighted by Crippen LogP contribution is -2.22. The maximum absolute atomic E-state index is 12.3. The molecule has 1 N–H and O–H groups in total. The first-order valence-corrected chi connectivity index (χ1v) is 8.23. The van der Waals surface area contributed by atoms with Gasteiger partial charge in [-0.2, -0.15) is 0 Å². The maximum atomic E-state index is 12.3. The van der Waals surface area contributed by atoms with Crippen LogP contribution in [0.4, 0.5) is 5.69 Å². The number of carbonyl (C=O) groups is 2. The van der Waals surface area contributed by atoms with E-state index in [9.17, 15) is 9.59 Å². The molecule has 0 saturated carbocycles. The van der Waals surface area contributed by atoms with Gasteiger partial charge in [0.15, 0.2) is 18.1 Å². The molecule has 1 amide bonds. The van der Waals surface area contributed by atoms with Gasteiger partial charge in [-0.15, -0.1) is 0 Å². The fraction of sp³-hybridized carbons (Fsp3) is 0.300. The van der Waals surface area contributed by atoms with Crippen LogP contribution in [0.1, 0.15) is 21.5 Å². The molecule has 0 fully saturated rings. The van der Waals surface area contributed by atoms with Crippen LogP contribution in [0.15, 0.2) is 30.3 Å². The van der Waals surface area contributed by atoms with E-state index in [-0.39, 0.29) is 17.9 Å². The van der Waals surface area contributed by atoms with E-state index >= 15 is 0 Å². The van der Waals surface area contributed by atoms with Gasteiger partial charge in [0.1, 0.15) is 5.75 Å². The van der Waals surface area contributed by atoms with E-state index in [1.165, 1.54) is 33.5 Å². The Morgan fingerprint density at radius 1 is 0.926 bits per heavy atom. The highest BCUT2D eigenvalue weighted by Crippen LogP contribution is 2.33. The SMILES string of the molecule is COC(=O)c1cc(OC)c(OC)cc1NC(=O)COc1ccc(C)cc1C. The molecule has 7 heteroatoms. The molecular formula is C20H23NO6. The third kappa shape index (κ3) is 4.91. The summed E-state index contributed by atoms with van der Waals surface area (Å²) in [5.41, 5.74) is 2.44. The van der Waals surface area contributed by atoms with Crippen LogP contribution in [0, 0.1) is 13.8 Å². The minimum atomic E-state index is -0.610. The third-order valence-electron chi connectivity index (χ3n) is 3.89. The predicted octanol–water partition coefficient (Wildman–Crippen LogP) is 3.12. The maximum Gasteiger partial charge on any atom is 0.340 e. The van der Waals surface area contributed by atoms with Crippen LogP contribution in [0.3, 0.4) is 0 Å². The first-order chi connectivity index (χ1) is 12.9. The summed E-state index contributed by atoms with van der Waals surface area (Å²) in [7, 11) is 4.17. The molecule has 7 nitrogen and oxygen atoms in total. The number of amides is 1. The summed E-state index contributed by atoms with van der Waals surface area (Å²) in [6, 6.07) is 8.64. The van der Waals surface area contributed by atoms with Crippen molar-refractivity contribution in [2.24, 2.45) is 0 Å². The second kappa shape index (κ2) is 8.93. The van der Waals surface area contributed by atoms with Crippen LogP contribution < -0.4 is 19.5 Å². The van der Waals surface area contributed by atoms with Gasteiger partial charge >= 0.3 is 5.97 Å². The van der Waals surface area contributed by atoms with E-state index < -0.39 is 11.9 Å². The van der Waals surface area contributed by atoms with Crippen molar-refractivity contribution in [3.63, 3.8) is 0 Å². The van der Waals surface area contributed by atoms with Crippen LogP contribution in [-0.4, -0.2) is 39.8 Å². The quantitative estimate of drug-likeness (QED) is 0.751. The number of rotatable bonds is 7. The molecule has 0 aromatic heterocycles. The Kier molecular flexibility index (Phi) is 6.65. The van der Waals surface area contributed by atoms with Gasteiger partial charge in [-0.05, 0) is 25.5 Å². The Bertz CT molecular complexity index is 847. The molecule has 2 aromatic rings. The van der Waals surface area contributed by atoms with Gasteiger partial charge < -0.3 is 24.3 Å². The summed E-state index contributed by atoms with van der Waals surface area (Å²) in [5.74, 6) is 0.309. The number of methoxy groups -OCH3 is 3. The zero-order chi connectivity index (χ0) is 20.0. The summed E-state index contributed by atoms with van der Waals surface area (Å²) < 4.78 is 20.8.